The van der Waals surface area contributed by atoms with Crippen LogP contribution in [0.3, 0.4) is 0 Å². The van der Waals surface area contributed by atoms with Gasteiger partial charge >= 0.3 is 0 Å². The van der Waals surface area contributed by atoms with E-state index in [0.29, 0.717) is 0 Å². The lowest BCUT2D eigenvalue weighted by Gasteiger charge is -2.26. The van der Waals surface area contributed by atoms with Crippen LogP contribution in [0.2, 0.25) is 0 Å². The summed E-state index contributed by atoms with van der Waals surface area (Å²) in [6.45, 7) is 5.97. The molecule has 0 aliphatic carbocycles. The second kappa shape index (κ2) is 14.3. The van der Waals surface area contributed by atoms with Crippen LogP contribution in [-0.4, -0.2) is 0 Å². The molecule has 0 aliphatic heterocycles. The third-order valence-electron chi connectivity index (χ3n) is 11.2. The number of para-hydroxylation sites is 2. The van der Waals surface area contributed by atoms with E-state index in [4.69, 9.17) is 4.42 Å². The Morgan fingerprint density at radius 1 is 0.456 bits per heavy atom. The molecule has 10 aromatic rings. The minimum Gasteiger partial charge on any atom is -0.455 e. The monoisotopic (exact) mass is 729 g/mol. The SMILES string of the molecule is C=C/C=C\c1cc(-c2ccc(-c3ccc(N(c4ccc(-c5cccc6c5oc5ccccc56)cc4)c4ccc5ccc6ccccc6c5c4)cc3)cc2)ccc1C. The number of benzene rings is 9. The zero-order valence-electron chi connectivity index (χ0n) is 31.7. The van der Waals surface area contributed by atoms with Gasteiger partial charge in [0.2, 0.25) is 0 Å². The predicted molar refractivity (Wildman–Crippen MR) is 244 cm³/mol. The summed E-state index contributed by atoms with van der Waals surface area (Å²) in [6, 6.07) is 67.8. The minimum atomic E-state index is 0.906. The van der Waals surface area contributed by atoms with Gasteiger partial charge in [0.25, 0.3) is 0 Å². The van der Waals surface area contributed by atoms with Crippen molar-refractivity contribution < 1.29 is 4.42 Å². The van der Waals surface area contributed by atoms with Crippen LogP contribution < -0.4 is 4.90 Å². The van der Waals surface area contributed by atoms with Crippen molar-refractivity contribution in [1.82, 2.24) is 0 Å². The number of rotatable bonds is 8. The Morgan fingerprint density at radius 2 is 1.02 bits per heavy atom. The van der Waals surface area contributed by atoms with Gasteiger partial charge in [0.05, 0.1) is 0 Å². The summed E-state index contributed by atoms with van der Waals surface area (Å²) >= 11 is 0. The Labute approximate surface area is 332 Å². The fraction of sp³-hybridized carbons (Fsp3) is 0.0182. The lowest BCUT2D eigenvalue weighted by Crippen LogP contribution is -2.09. The molecule has 1 heterocycles. The summed E-state index contributed by atoms with van der Waals surface area (Å²) in [6.07, 6.45) is 5.92. The smallest absolute Gasteiger partial charge is 0.143 e. The summed E-state index contributed by atoms with van der Waals surface area (Å²) in [5.41, 5.74) is 14.5. The van der Waals surface area contributed by atoms with Crippen molar-refractivity contribution >= 4 is 66.6 Å². The molecule has 0 saturated heterocycles. The Bertz CT molecular complexity index is 3130. The van der Waals surface area contributed by atoms with Crippen LogP contribution in [-0.2, 0) is 0 Å². The number of nitrogens with zero attached hydrogens (tertiary/aromatic N) is 1. The van der Waals surface area contributed by atoms with Gasteiger partial charge in [-0.15, -0.1) is 0 Å². The number of hydrogen-bond donors (Lipinski definition) is 0. The summed E-state index contributed by atoms with van der Waals surface area (Å²) < 4.78 is 6.41. The first-order valence-electron chi connectivity index (χ1n) is 19.4. The van der Waals surface area contributed by atoms with E-state index >= 15 is 0 Å². The van der Waals surface area contributed by atoms with E-state index < -0.39 is 0 Å². The van der Waals surface area contributed by atoms with Crippen molar-refractivity contribution in [2.45, 2.75) is 6.92 Å². The first-order valence-corrected chi connectivity index (χ1v) is 19.4. The number of furan rings is 1. The maximum absolute atomic E-state index is 6.41. The van der Waals surface area contributed by atoms with Crippen molar-refractivity contribution in [3.8, 4) is 33.4 Å². The Hall–Kier alpha value is -7.42. The van der Waals surface area contributed by atoms with Gasteiger partial charge in [-0.3, -0.25) is 0 Å². The molecule has 2 heteroatoms. The average Bonchev–Trinajstić information content (AvgIpc) is 3.66. The molecule has 2 nitrogen and oxygen atoms in total. The maximum atomic E-state index is 6.41. The molecule has 0 N–H and O–H groups in total. The highest BCUT2D eigenvalue weighted by molar-refractivity contribution is 6.10. The van der Waals surface area contributed by atoms with E-state index in [1.54, 1.807) is 0 Å². The quantitative estimate of drug-likeness (QED) is 0.114. The van der Waals surface area contributed by atoms with E-state index in [-0.39, 0.29) is 0 Å². The molecule has 10 rings (SSSR count). The van der Waals surface area contributed by atoms with Crippen LogP contribution in [0.15, 0.2) is 211 Å². The molecule has 0 radical (unpaired) electrons. The van der Waals surface area contributed by atoms with E-state index in [1.807, 2.05) is 24.3 Å². The fourth-order valence-electron chi connectivity index (χ4n) is 8.17. The second-order valence-corrected chi connectivity index (χ2v) is 14.6. The number of aryl methyl sites for hydroxylation is 1. The first-order chi connectivity index (χ1) is 28.1. The van der Waals surface area contributed by atoms with Crippen molar-refractivity contribution in [1.29, 1.82) is 0 Å². The van der Waals surface area contributed by atoms with Crippen molar-refractivity contribution in [3.63, 3.8) is 0 Å². The summed E-state index contributed by atoms with van der Waals surface area (Å²) in [4.78, 5) is 2.36. The highest BCUT2D eigenvalue weighted by Crippen LogP contribution is 2.41. The number of hydrogen-bond acceptors (Lipinski definition) is 2. The molecule has 0 bridgehead atoms. The predicted octanol–water partition coefficient (Wildman–Crippen LogP) is 15.9. The van der Waals surface area contributed by atoms with E-state index in [2.05, 4.69) is 200 Å². The van der Waals surface area contributed by atoms with Crippen LogP contribution in [0.25, 0.3) is 82.9 Å². The lowest BCUT2D eigenvalue weighted by atomic mass is 9.97. The molecule has 0 amide bonds. The molecule has 0 saturated carbocycles. The topological polar surface area (TPSA) is 16.4 Å². The number of anilines is 3. The Balaban J connectivity index is 1.03. The van der Waals surface area contributed by atoms with Crippen LogP contribution in [0.4, 0.5) is 17.1 Å². The van der Waals surface area contributed by atoms with Gasteiger partial charge in [-0.1, -0.05) is 164 Å². The number of allylic oxidation sites excluding steroid dienone is 2. The van der Waals surface area contributed by atoms with Crippen LogP contribution in [0, 0.1) is 6.92 Å². The van der Waals surface area contributed by atoms with E-state index in [0.717, 1.165) is 50.1 Å². The molecule has 0 spiro atoms. The highest BCUT2D eigenvalue weighted by atomic mass is 16.3. The molecule has 270 valence electrons. The molecular weight excluding hydrogens is 691 g/mol. The van der Waals surface area contributed by atoms with Gasteiger partial charge in [0, 0.05) is 33.4 Å². The molecule has 57 heavy (non-hydrogen) atoms. The first kappa shape index (κ1) is 34.1. The third kappa shape index (κ3) is 6.28. The maximum Gasteiger partial charge on any atom is 0.143 e. The van der Waals surface area contributed by atoms with E-state index in [9.17, 15) is 0 Å². The highest BCUT2D eigenvalue weighted by Gasteiger charge is 2.17. The minimum absolute atomic E-state index is 0.906. The van der Waals surface area contributed by atoms with Crippen molar-refractivity contribution in [3.05, 3.63) is 218 Å². The van der Waals surface area contributed by atoms with Gasteiger partial charge in [-0.05, 0) is 116 Å². The fourth-order valence-corrected chi connectivity index (χ4v) is 8.17. The summed E-state index contributed by atoms with van der Waals surface area (Å²) in [5.74, 6) is 0. The molecule has 0 fully saturated rings. The normalized spacial score (nSPS) is 11.6. The largest absolute Gasteiger partial charge is 0.455 e. The van der Waals surface area contributed by atoms with Gasteiger partial charge in [-0.25, -0.2) is 0 Å². The van der Waals surface area contributed by atoms with Crippen LogP contribution in [0.5, 0.6) is 0 Å². The van der Waals surface area contributed by atoms with Crippen LogP contribution >= 0.6 is 0 Å². The van der Waals surface area contributed by atoms with Gasteiger partial charge in [0.1, 0.15) is 11.2 Å². The van der Waals surface area contributed by atoms with E-state index in [1.165, 1.54) is 54.9 Å². The molecular formula is C55H39NO. The molecule has 0 unspecified atom stereocenters. The zero-order chi connectivity index (χ0) is 38.3. The van der Waals surface area contributed by atoms with Gasteiger partial charge in [0.15, 0.2) is 0 Å². The standard InChI is InChI=1S/C55H39NO/c1-3-4-10-44-35-45(18-17-37(44)2)40-21-19-38(20-22-40)39-25-30-46(31-26-39)56(48-34-29-43-24-23-41-11-5-6-12-49(41)53(43)36-48)47-32-27-42(28-33-47)50-14-9-15-52-51-13-7-8-16-54(51)57-55(50)52/h3-36H,1H2,2H3/b10-4-. The molecule has 9 aromatic carbocycles. The molecule has 1 aromatic heterocycles. The zero-order valence-corrected chi connectivity index (χ0v) is 31.7. The van der Waals surface area contributed by atoms with Crippen molar-refractivity contribution in [2.24, 2.45) is 0 Å². The van der Waals surface area contributed by atoms with Gasteiger partial charge in [-0.2, -0.15) is 0 Å². The van der Waals surface area contributed by atoms with Crippen LogP contribution in [0.1, 0.15) is 11.1 Å². The Morgan fingerprint density at radius 3 is 1.75 bits per heavy atom. The van der Waals surface area contributed by atoms with Gasteiger partial charge < -0.3 is 9.32 Å². The summed E-state index contributed by atoms with van der Waals surface area (Å²) in [5, 5.41) is 7.21. The number of fused-ring (bicyclic) bond motifs is 6. The average molecular weight is 730 g/mol. The Kier molecular flexibility index (Phi) is 8.58. The molecule has 0 atom stereocenters. The second-order valence-electron chi connectivity index (χ2n) is 14.6. The lowest BCUT2D eigenvalue weighted by molar-refractivity contribution is 0.670. The summed E-state index contributed by atoms with van der Waals surface area (Å²) in [7, 11) is 0. The third-order valence-corrected chi connectivity index (χ3v) is 11.2. The van der Waals surface area contributed by atoms with Crippen molar-refractivity contribution in [2.75, 3.05) is 4.90 Å². The molecule has 0 aliphatic rings.